The van der Waals surface area contributed by atoms with Crippen LogP contribution in [0.2, 0.25) is 5.02 Å². The van der Waals surface area contributed by atoms with E-state index in [0.29, 0.717) is 12.8 Å². The number of rotatable bonds is 8. The maximum atomic E-state index is 6.03. The number of ether oxygens (including phenoxy) is 1. The molecule has 0 bridgehead atoms. The van der Waals surface area contributed by atoms with E-state index in [9.17, 15) is 0 Å². The van der Waals surface area contributed by atoms with Crippen LogP contribution in [-0.2, 0) is 13.2 Å². The predicted molar refractivity (Wildman–Crippen MR) is 105 cm³/mol. The summed E-state index contributed by atoms with van der Waals surface area (Å²) in [6, 6.07) is 13.8. The third-order valence-corrected chi connectivity index (χ3v) is 4.61. The molecule has 0 aliphatic rings. The van der Waals surface area contributed by atoms with Gasteiger partial charge in [0.15, 0.2) is 0 Å². The standard InChI is InChI=1S/C19H24BrClN2O/c1-4-19(23(2)3)22-12-15-11-16(20)7-10-18(15)24-13-14-5-8-17(21)9-6-14/h5-11,19,22H,4,12-13H2,1-3H3. The van der Waals surface area contributed by atoms with E-state index in [-0.39, 0.29) is 0 Å². The van der Waals surface area contributed by atoms with Crippen LogP contribution in [0.4, 0.5) is 0 Å². The van der Waals surface area contributed by atoms with Gasteiger partial charge < -0.3 is 4.74 Å². The highest BCUT2D eigenvalue weighted by atomic mass is 79.9. The molecule has 0 radical (unpaired) electrons. The lowest BCUT2D eigenvalue weighted by Crippen LogP contribution is -2.40. The molecule has 0 aliphatic carbocycles. The molecule has 0 heterocycles. The van der Waals surface area contributed by atoms with Crippen molar-refractivity contribution in [1.82, 2.24) is 10.2 Å². The minimum atomic E-state index is 0.341. The van der Waals surface area contributed by atoms with Gasteiger partial charge in [-0.15, -0.1) is 0 Å². The zero-order chi connectivity index (χ0) is 17.5. The maximum Gasteiger partial charge on any atom is 0.124 e. The second kappa shape index (κ2) is 9.42. The van der Waals surface area contributed by atoms with Gasteiger partial charge in [0.2, 0.25) is 0 Å². The van der Waals surface area contributed by atoms with Crippen LogP contribution in [0.5, 0.6) is 5.75 Å². The van der Waals surface area contributed by atoms with Crippen molar-refractivity contribution in [3.63, 3.8) is 0 Å². The lowest BCUT2D eigenvalue weighted by Gasteiger charge is -2.24. The van der Waals surface area contributed by atoms with Crippen molar-refractivity contribution >= 4 is 27.5 Å². The fraction of sp³-hybridized carbons (Fsp3) is 0.368. The van der Waals surface area contributed by atoms with Crippen LogP contribution >= 0.6 is 27.5 Å². The molecule has 2 aromatic carbocycles. The van der Waals surface area contributed by atoms with Gasteiger partial charge in [0.25, 0.3) is 0 Å². The van der Waals surface area contributed by atoms with Gasteiger partial charge in [-0.25, -0.2) is 0 Å². The van der Waals surface area contributed by atoms with Gasteiger partial charge in [0.1, 0.15) is 12.4 Å². The fourth-order valence-corrected chi connectivity index (χ4v) is 3.02. The van der Waals surface area contributed by atoms with E-state index in [1.165, 1.54) is 0 Å². The Hall–Kier alpha value is -1.07. The largest absolute Gasteiger partial charge is 0.489 e. The van der Waals surface area contributed by atoms with Gasteiger partial charge in [-0.3, -0.25) is 10.2 Å². The molecule has 0 fully saturated rings. The SMILES string of the molecule is CCC(NCc1cc(Br)ccc1OCc1ccc(Cl)cc1)N(C)C. The molecular weight excluding hydrogens is 388 g/mol. The van der Waals surface area contributed by atoms with Crippen LogP contribution < -0.4 is 10.1 Å². The third kappa shape index (κ3) is 5.78. The van der Waals surface area contributed by atoms with E-state index in [1.807, 2.05) is 36.4 Å². The lowest BCUT2D eigenvalue weighted by molar-refractivity contribution is 0.235. The molecule has 1 N–H and O–H groups in total. The van der Waals surface area contributed by atoms with Crippen LogP contribution in [-0.4, -0.2) is 25.2 Å². The van der Waals surface area contributed by atoms with Crippen molar-refractivity contribution in [3.8, 4) is 5.75 Å². The Morgan fingerprint density at radius 3 is 2.50 bits per heavy atom. The summed E-state index contributed by atoms with van der Waals surface area (Å²) in [6.45, 7) is 3.46. The van der Waals surface area contributed by atoms with Gasteiger partial charge >= 0.3 is 0 Å². The fourth-order valence-electron chi connectivity index (χ4n) is 2.49. The lowest BCUT2D eigenvalue weighted by atomic mass is 10.2. The van der Waals surface area contributed by atoms with Crippen LogP contribution in [0.1, 0.15) is 24.5 Å². The smallest absolute Gasteiger partial charge is 0.124 e. The molecule has 5 heteroatoms. The van der Waals surface area contributed by atoms with Gasteiger partial charge in [0, 0.05) is 21.6 Å². The molecule has 24 heavy (non-hydrogen) atoms. The van der Waals surface area contributed by atoms with Gasteiger partial charge in [-0.05, 0) is 56.4 Å². The number of hydrogen-bond acceptors (Lipinski definition) is 3. The molecule has 0 aromatic heterocycles. The Morgan fingerprint density at radius 2 is 1.88 bits per heavy atom. The molecule has 3 nitrogen and oxygen atoms in total. The Bertz CT molecular complexity index is 646. The summed E-state index contributed by atoms with van der Waals surface area (Å²) >= 11 is 9.47. The molecule has 0 aliphatic heterocycles. The first-order valence-corrected chi connectivity index (χ1v) is 9.22. The predicted octanol–water partition coefficient (Wildman–Crippen LogP) is 5.07. The number of hydrogen-bond donors (Lipinski definition) is 1. The Morgan fingerprint density at radius 1 is 1.17 bits per heavy atom. The van der Waals surface area contributed by atoms with Crippen LogP contribution in [0.3, 0.4) is 0 Å². The molecule has 1 atom stereocenters. The van der Waals surface area contributed by atoms with Gasteiger partial charge in [-0.2, -0.15) is 0 Å². The molecule has 0 spiro atoms. The summed E-state index contributed by atoms with van der Waals surface area (Å²) in [5, 5.41) is 4.30. The first-order valence-electron chi connectivity index (χ1n) is 8.05. The molecule has 0 saturated carbocycles. The van der Waals surface area contributed by atoms with Crippen molar-refractivity contribution in [2.24, 2.45) is 0 Å². The molecule has 0 amide bonds. The average molecular weight is 412 g/mol. The van der Waals surface area contributed by atoms with E-state index in [2.05, 4.69) is 53.2 Å². The molecule has 1 unspecified atom stereocenters. The van der Waals surface area contributed by atoms with E-state index in [1.54, 1.807) is 0 Å². The Labute approximate surface area is 158 Å². The molecule has 2 aromatic rings. The Kier molecular flexibility index (Phi) is 7.56. The van der Waals surface area contributed by atoms with Crippen LogP contribution in [0, 0.1) is 0 Å². The minimum absolute atomic E-state index is 0.341. The normalized spacial score (nSPS) is 12.4. The molecule has 0 saturated heterocycles. The molecule has 130 valence electrons. The maximum absolute atomic E-state index is 6.03. The van der Waals surface area contributed by atoms with E-state index in [4.69, 9.17) is 16.3 Å². The summed E-state index contributed by atoms with van der Waals surface area (Å²) < 4.78 is 7.08. The van der Waals surface area contributed by atoms with E-state index >= 15 is 0 Å². The minimum Gasteiger partial charge on any atom is -0.489 e. The van der Waals surface area contributed by atoms with E-state index in [0.717, 1.165) is 39.3 Å². The first-order chi connectivity index (χ1) is 11.5. The quantitative estimate of drug-likeness (QED) is 0.614. The zero-order valence-electron chi connectivity index (χ0n) is 14.4. The van der Waals surface area contributed by atoms with E-state index < -0.39 is 0 Å². The van der Waals surface area contributed by atoms with Crippen molar-refractivity contribution in [2.75, 3.05) is 14.1 Å². The summed E-state index contributed by atoms with van der Waals surface area (Å²) in [4.78, 5) is 2.19. The summed E-state index contributed by atoms with van der Waals surface area (Å²) in [6.07, 6.45) is 1.38. The second-order valence-corrected chi connectivity index (χ2v) is 7.29. The highest BCUT2D eigenvalue weighted by Gasteiger charge is 2.11. The zero-order valence-corrected chi connectivity index (χ0v) is 16.7. The highest BCUT2D eigenvalue weighted by molar-refractivity contribution is 9.10. The number of nitrogens with one attached hydrogen (secondary N) is 1. The average Bonchev–Trinajstić information content (AvgIpc) is 2.56. The van der Waals surface area contributed by atoms with Gasteiger partial charge in [-0.1, -0.05) is 46.6 Å². The first kappa shape index (κ1) is 19.3. The topological polar surface area (TPSA) is 24.5 Å². The Balaban J connectivity index is 2.05. The number of nitrogens with zero attached hydrogens (tertiary/aromatic N) is 1. The van der Waals surface area contributed by atoms with Crippen LogP contribution in [0.25, 0.3) is 0 Å². The second-order valence-electron chi connectivity index (χ2n) is 5.94. The van der Waals surface area contributed by atoms with Crippen molar-refractivity contribution < 1.29 is 4.74 Å². The van der Waals surface area contributed by atoms with Crippen LogP contribution in [0.15, 0.2) is 46.9 Å². The van der Waals surface area contributed by atoms with Crippen molar-refractivity contribution in [2.45, 2.75) is 32.7 Å². The highest BCUT2D eigenvalue weighted by Crippen LogP contribution is 2.24. The van der Waals surface area contributed by atoms with Gasteiger partial charge in [0.05, 0.1) is 6.17 Å². The molecule has 2 rings (SSSR count). The number of halogens is 2. The third-order valence-electron chi connectivity index (χ3n) is 3.87. The molecular formula is C19H24BrClN2O. The summed E-state index contributed by atoms with van der Waals surface area (Å²) in [7, 11) is 4.17. The number of benzene rings is 2. The van der Waals surface area contributed by atoms with Crippen molar-refractivity contribution in [3.05, 3.63) is 63.1 Å². The van der Waals surface area contributed by atoms with Crippen molar-refractivity contribution in [1.29, 1.82) is 0 Å². The summed E-state index contributed by atoms with van der Waals surface area (Å²) in [5.41, 5.74) is 2.24. The monoisotopic (exact) mass is 410 g/mol. The summed E-state index contributed by atoms with van der Waals surface area (Å²) in [5.74, 6) is 0.897.